The lowest BCUT2D eigenvalue weighted by Gasteiger charge is -2.02. The molecule has 3 aromatic rings. The van der Waals surface area contributed by atoms with Crippen LogP contribution in [0, 0.1) is 5.82 Å². The fourth-order valence-electron chi connectivity index (χ4n) is 2.16. The third kappa shape index (κ3) is 3.86. The first-order valence-corrected chi connectivity index (χ1v) is 8.44. The van der Waals surface area contributed by atoms with Crippen LogP contribution in [0.3, 0.4) is 0 Å². The van der Waals surface area contributed by atoms with Crippen molar-refractivity contribution >= 4 is 38.3 Å². The number of amides is 1. The molecule has 0 aliphatic rings. The van der Waals surface area contributed by atoms with Crippen molar-refractivity contribution in [2.24, 2.45) is 7.05 Å². The normalized spacial score (nSPS) is 10.7. The fraction of sp³-hybridized carbons (Fsp3) is 0.125. The maximum atomic E-state index is 12.9. The zero-order valence-corrected chi connectivity index (χ0v) is 14.6. The second-order valence-electron chi connectivity index (χ2n) is 5.04. The van der Waals surface area contributed by atoms with E-state index in [0.29, 0.717) is 17.2 Å². The van der Waals surface area contributed by atoms with Gasteiger partial charge in [-0.3, -0.25) is 10.1 Å². The van der Waals surface area contributed by atoms with Crippen LogP contribution in [-0.4, -0.2) is 15.5 Å². The molecule has 118 valence electrons. The Morgan fingerprint density at radius 2 is 2.13 bits per heavy atom. The van der Waals surface area contributed by atoms with Crippen molar-refractivity contribution in [3.05, 3.63) is 69.1 Å². The summed E-state index contributed by atoms with van der Waals surface area (Å²) in [7, 11) is 1.81. The first-order chi connectivity index (χ1) is 11.0. The van der Waals surface area contributed by atoms with Crippen molar-refractivity contribution in [2.75, 3.05) is 5.32 Å². The lowest BCUT2D eigenvalue weighted by Crippen LogP contribution is -2.14. The first-order valence-electron chi connectivity index (χ1n) is 6.83. The van der Waals surface area contributed by atoms with Gasteiger partial charge in [0.1, 0.15) is 11.5 Å². The molecular formula is C16H13BrFN3OS. The molecule has 3 rings (SSSR count). The largest absolute Gasteiger partial charge is 0.345 e. The van der Waals surface area contributed by atoms with E-state index in [0.717, 1.165) is 14.9 Å². The summed E-state index contributed by atoms with van der Waals surface area (Å²) in [6, 6.07) is 8.12. The van der Waals surface area contributed by atoms with Gasteiger partial charge in [0.15, 0.2) is 5.13 Å². The Morgan fingerprint density at radius 1 is 1.39 bits per heavy atom. The molecule has 0 aliphatic heterocycles. The molecule has 4 nitrogen and oxygen atoms in total. The van der Waals surface area contributed by atoms with Crippen LogP contribution >= 0.6 is 27.3 Å². The molecule has 7 heteroatoms. The maximum absolute atomic E-state index is 12.9. The smallest absolute Gasteiger partial charge is 0.274 e. The van der Waals surface area contributed by atoms with Crippen LogP contribution in [0.15, 0.2) is 47.2 Å². The Bertz CT molecular complexity index is 841. The maximum Gasteiger partial charge on any atom is 0.274 e. The van der Waals surface area contributed by atoms with Gasteiger partial charge in [-0.1, -0.05) is 12.1 Å². The number of anilines is 1. The number of aryl methyl sites for hydroxylation is 1. The number of nitrogens with zero attached hydrogens (tertiary/aromatic N) is 2. The van der Waals surface area contributed by atoms with Crippen molar-refractivity contribution in [3.8, 4) is 0 Å². The number of hydrogen-bond acceptors (Lipinski definition) is 3. The summed E-state index contributed by atoms with van der Waals surface area (Å²) in [6.07, 6.45) is 4.20. The molecular weight excluding hydrogens is 381 g/mol. The minimum atomic E-state index is -0.250. The Morgan fingerprint density at radius 3 is 2.78 bits per heavy atom. The van der Waals surface area contributed by atoms with Crippen molar-refractivity contribution in [2.45, 2.75) is 6.42 Å². The third-order valence-electron chi connectivity index (χ3n) is 3.27. The van der Waals surface area contributed by atoms with Gasteiger partial charge < -0.3 is 4.57 Å². The molecule has 0 radical (unpaired) electrons. The minimum absolute atomic E-state index is 0.208. The van der Waals surface area contributed by atoms with Gasteiger partial charge in [-0.25, -0.2) is 9.37 Å². The summed E-state index contributed by atoms with van der Waals surface area (Å²) >= 11 is 4.75. The van der Waals surface area contributed by atoms with Gasteiger partial charge >= 0.3 is 0 Å². The van der Waals surface area contributed by atoms with Crippen molar-refractivity contribution in [1.29, 1.82) is 0 Å². The average molecular weight is 394 g/mol. The molecule has 1 aromatic carbocycles. The highest BCUT2D eigenvalue weighted by atomic mass is 79.9. The first kappa shape index (κ1) is 15.9. The van der Waals surface area contributed by atoms with Crippen LogP contribution in [0.4, 0.5) is 9.52 Å². The number of hydrogen-bond donors (Lipinski definition) is 1. The highest BCUT2D eigenvalue weighted by Gasteiger charge is 2.13. The van der Waals surface area contributed by atoms with E-state index in [9.17, 15) is 9.18 Å². The molecule has 2 aromatic heterocycles. The number of thiazole rings is 1. The van der Waals surface area contributed by atoms with Gasteiger partial charge in [0.25, 0.3) is 5.91 Å². The summed E-state index contributed by atoms with van der Waals surface area (Å²) in [5, 5.41) is 3.34. The van der Waals surface area contributed by atoms with Crippen LogP contribution in [0.2, 0.25) is 0 Å². The number of benzene rings is 1. The number of carbonyl (C=O) groups excluding carboxylic acids is 1. The molecule has 0 aliphatic carbocycles. The molecule has 1 N–H and O–H groups in total. The summed E-state index contributed by atoms with van der Waals surface area (Å²) in [4.78, 5) is 17.4. The van der Waals surface area contributed by atoms with Gasteiger partial charge in [-0.05, 0) is 39.7 Å². The van der Waals surface area contributed by atoms with Gasteiger partial charge in [-0.2, -0.15) is 0 Å². The Labute approximate surface area is 145 Å². The minimum Gasteiger partial charge on any atom is -0.345 e. The van der Waals surface area contributed by atoms with Gasteiger partial charge in [-0.15, -0.1) is 11.3 Å². The standard InChI is InChI=1S/C16H13BrFN3OS/c1-21-9-11(17)7-14(21)15(22)20-16-19-8-13(23-16)6-10-2-4-12(18)5-3-10/h2-5,7-9H,6H2,1H3,(H,19,20,22). The number of halogens is 2. The van der Waals surface area contributed by atoms with E-state index in [1.807, 2.05) is 13.2 Å². The third-order valence-corrected chi connectivity index (χ3v) is 4.62. The van der Waals surface area contributed by atoms with E-state index < -0.39 is 0 Å². The molecule has 0 fully saturated rings. The van der Waals surface area contributed by atoms with Crippen LogP contribution in [-0.2, 0) is 13.5 Å². The van der Waals surface area contributed by atoms with E-state index in [1.54, 1.807) is 29.0 Å². The van der Waals surface area contributed by atoms with Gasteiger partial charge in [0.2, 0.25) is 0 Å². The summed E-state index contributed by atoms with van der Waals surface area (Å²) in [6.45, 7) is 0. The molecule has 0 spiro atoms. The van der Waals surface area contributed by atoms with Crippen molar-refractivity contribution in [1.82, 2.24) is 9.55 Å². The molecule has 1 amide bonds. The highest BCUT2D eigenvalue weighted by molar-refractivity contribution is 9.10. The SMILES string of the molecule is Cn1cc(Br)cc1C(=O)Nc1ncc(Cc2ccc(F)cc2)s1. The Kier molecular flexibility index (Phi) is 4.58. The Hall–Kier alpha value is -1.99. The summed E-state index contributed by atoms with van der Waals surface area (Å²) in [5.41, 5.74) is 1.55. The number of nitrogens with one attached hydrogen (secondary N) is 1. The van der Waals surface area contributed by atoms with E-state index in [4.69, 9.17) is 0 Å². The molecule has 0 unspecified atom stereocenters. The van der Waals surface area contributed by atoms with Crippen LogP contribution in [0.25, 0.3) is 0 Å². The van der Waals surface area contributed by atoms with E-state index in [1.165, 1.54) is 23.5 Å². The van der Waals surface area contributed by atoms with Crippen molar-refractivity contribution in [3.63, 3.8) is 0 Å². The quantitative estimate of drug-likeness (QED) is 0.720. The topological polar surface area (TPSA) is 46.9 Å². The molecule has 0 saturated carbocycles. The highest BCUT2D eigenvalue weighted by Crippen LogP contribution is 2.22. The molecule has 2 heterocycles. The van der Waals surface area contributed by atoms with Crippen molar-refractivity contribution < 1.29 is 9.18 Å². The monoisotopic (exact) mass is 393 g/mol. The predicted octanol–water partition coefficient (Wildman–Crippen LogP) is 4.23. The predicted molar refractivity (Wildman–Crippen MR) is 92.4 cm³/mol. The zero-order valence-electron chi connectivity index (χ0n) is 12.2. The molecule has 0 bridgehead atoms. The van der Waals surface area contributed by atoms with Gasteiger partial charge in [0, 0.05) is 35.2 Å². The number of aromatic nitrogens is 2. The molecule has 0 saturated heterocycles. The zero-order chi connectivity index (χ0) is 16.4. The second kappa shape index (κ2) is 6.64. The molecule has 23 heavy (non-hydrogen) atoms. The second-order valence-corrected chi connectivity index (χ2v) is 7.07. The lowest BCUT2D eigenvalue weighted by atomic mass is 10.1. The summed E-state index contributed by atoms with van der Waals surface area (Å²) < 4.78 is 15.5. The lowest BCUT2D eigenvalue weighted by molar-refractivity contribution is 0.101. The molecule has 0 atom stereocenters. The van der Waals surface area contributed by atoms with Crippen LogP contribution in [0.1, 0.15) is 20.9 Å². The summed E-state index contributed by atoms with van der Waals surface area (Å²) in [5.74, 6) is -0.458. The van der Waals surface area contributed by atoms with E-state index >= 15 is 0 Å². The van der Waals surface area contributed by atoms with E-state index in [-0.39, 0.29) is 11.7 Å². The van der Waals surface area contributed by atoms with Gasteiger partial charge in [0.05, 0.1) is 0 Å². The average Bonchev–Trinajstić information content (AvgIpc) is 3.07. The number of carbonyl (C=O) groups is 1. The fourth-order valence-corrected chi connectivity index (χ4v) is 3.53. The Balaban J connectivity index is 1.68. The number of rotatable bonds is 4. The van der Waals surface area contributed by atoms with E-state index in [2.05, 4.69) is 26.2 Å². The van der Waals surface area contributed by atoms with Crippen LogP contribution in [0.5, 0.6) is 0 Å². The van der Waals surface area contributed by atoms with Crippen LogP contribution < -0.4 is 5.32 Å².